The molecule has 1 aromatic carbocycles. The lowest BCUT2D eigenvalue weighted by Crippen LogP contribution is -2.44. The van der Waals surface area contributed by atoms with Crippen molar-refractivity contribution in [2.45, 2.75) is 30.1 Å². The van der Waals surface area contributed by atoms with Crippen molar-refractivity contribution in [3.8, 4) is 0 Å². The maximum atomic E-state index is 12.3. The van der Waals surface area contributed by atoms with Gasteiger partial charge in [-0.05, 0) is 25.0 Å². The number of hydrogen-bond donors (Lipinski definition) is 0. The van der Waals surface area contributed by atoms with Crippen LogP contribution in [0.15, 0.2) is 24.3 Å². The van der Waals surface area contributed by atoms with Crippen molar-refractivity contribution in [2.75, 3.05) is 0 Å². The lowest BCUT2D eigenvalue weighted by molar-refractivity contribution is -0.120. The topological polar surface area (TPSA) is 54.5 Å². The summed E-state index contributed by atoms with van der Waals surface area (Å²) in [6.45, 7) is 0. The lowest BCUT2D eigenvalue weighted by Gasteiger charge is -2.31. The van der Waals surface area contributed by atoms with Gasteiger partial charge in [0.1, 0.15) is 5.78 Å². The van der Waals surface area contributed by atoms with Gasteiger partial charge >= 0.3 is 0 Å². The molecule has 2 atom stereocenters. The molecule has 1 saturated carbocycles. The highest BCUT2D eigenvalue weighted by Crippen LogP contribution is 2.31. The molecule has 0 aromatic heterocycles. The first-order valence-electron chi connectivity index (χ1n) is 6.23. The molecule has 2 aliphatic rings. The molecule has 4 nitrogen and oxygen atoms in total. The fourth-order valence-electron chi connectivity index (χ4n) is 2.73. The zero-order valence-electron chi connectivity index (χ0n) is 10.1. The number of amides is 2. The van der Waals surface area contributed by atoms with Crippen LogP contribution in [0.1, 0.15) is 40.0 Å². The van der Waals surface area contributed by atoms with Crippen LogP contribution in [-0.4, -0.2) is 33.4 Å². The molecule has 1 aromatic rings. The molecular weight excluding hydrogens is 310 g/mol. The molecule has 5 heteroatoms. The number of halogens is 1. The monoisotopic (exact) mass is 321 g/mol. The predicted octanol–water partition coefficient (Wildman–Crippen LogP) is 2.17. The van der Waals surface area contributed by atoms with Crippen molar-refractivity contribution >= 4 is 33.5 Å². The fourth-order valence-corrected chi connectivity index (χ4v) is 3.39. The third-order valence-electron chi connectivity index (χ3n) is 3.74. The van der Waals surface area contributed by atoms with Crippen molar-refractivity contribution in [3.05, 3.63) is 35.4 Å². The SMILES string of the molecule is O=C1CCC(N2C(=O)c3ccccc3C2=O)CC1Br. The van der Waals surface area contributed by atoms with Gasteiger partial charge in [-0.15, -0.1) is 0 Å². The zero-order valence-corrected chi connectivity index (χ0v) is 11.7. The summed E-state index contributed by atoms with van der Waals surface area (Å²) in [5.74, 6) is -0.327. The van der Waals surface area contributed by atoms with E-state index in [2.05, 4.69) is 15.9 Å². The number of carbonyl (C=O) groups excluding carboxylic acids is 3. The van der Waals surface area contributed by atoms with E-state index in [1.165, 1.54) is 4.90 Å². The Balaban J connectivity index is 1.90. The molecule has 2 amide bonds. The summed E-state index contributed by atoms with van der Waals surface area (Å²) in [6.07, 6.45) is 1.48. The van der Waals surface area contributed by atoms with Gasteiger partial charge in [0.25, 0.3) is 11.8 Å². The second kappa shape index (κ2) is 4.56. The molecule has 1 heterocycles. The highest BCUT2D eigenvalue weighted by Gasteiger charge is 2.42. The highest BCUT2D eigenvalue weighted by molar-refractivity contribution is 9.10. The van der Waals surface area contributed by atoms with E-state index in [0.29, 0.717) is 30.4 Å². The summed E-state index contributed by atoms with van der Waals surface area (Å²) in [5, 5.41) is 0. The van der Waals surface area contributed by atoms with E-state index in [4.69, 9.17) is 0 Å². The Labute approximate surface area is 118 Å². The standard InChI is InChI=1S/C14H12BrNO3/c15-11-7-8(5-6-12(11)17)16-13(18)9-3-1-2-4-10(9)14(16)19/h1-4,8,11H,5-7H2. The van der Waals surface area contributed by atoms with Crippen LogP contribution < -0.4 is 0 Å². The first kappa shape index (κ1) is 12.5. The zero-order chi connectivity index (χ0) is 13.6. The van der Waals surface area contributed by atoms with Gasteiger partial charge in [-0.3, -0.25) is 19.3 Å². The molecule has 1 fully saturated rings. The number of ketones is 1. The summed E-state index contributed by atoms with van der Waals surface area (Å²) in [4.78, 5) is 37.2. The first-order valence-corrected chi connectivity index (χ1v) is 7.15. The molecule has 0 spiro atoms. The van der Waals surface area contributed by atoms with Crippen LogP contribution in [0.3, 0.4) is 0 Å². The van der Waals surface area contributed by atoms with E-state index in [9.17, 15) is 14.4 Å². The van der Waals surface area contributed by atoms with Crippen LogP contribution >= 0.6 is 15.9 Å². The Bertz CT molecular complexity index is 549. The molecule has 2 unspecified atom stereocenters. The summed E-state index contributed by atoms with van der Waals surface area (Å²) in [6, 6.07) is 6.68. The van der Waals surface area contributed by atoms with Crippen molar-refractivity contribution < 1.29 is 14.4 Å². The van der Waals surface area contributed by atoms with E-state index in [1.807, 2.05) is 0 Å². The van der Waals surface area contributed by atoms with E-state index in [-0.39, 0.29) is 28.5 Å². The van der Waals surface area contributed by atoms with Crippen LogP contribution in [0.2, 0.25) is 0 Å². The number of fused-ring (bicyclic) bond motifs is 1. The van der Waals surface area contributed by atoms with Gasteiger partial charge in [0.2, 0.25) is 0 Å². The largest absolute Gasteiger partial charge is 0.298 e. The second-order valence-electron chi connectivity index (χ2n) is 4.89. The fraction of sp³-hybridized carbons (Fsp3) is 0.357. The number of nitrogens with zero attached hydrogens (tertiary/aromatic N) is 1. The van der Waals surface area contributed by atoms with Crippen LogP contribution in [0.4, 0.5) is 0 Å². The maximum absolute atomic E-state index is 12.3. The van der Waals surface area contributed by atoms with Crippen molar-refractivity contribution in [1.82, 2.24) is 4.90 Å². The second-order valence-corrected chi connectivity index (χ2v) is 5.99. The van der Waals surface area contributed by atoms with Gasteiger partial charge in [-0.25, -0.2) is 0 Å². The minimum atomic E-state index is -0.254. The summed E-state index contributed by atoms with van der Waals surface area (Å²) >= 11 is 3.32. The first-order chi connectivity index (χ1) is 9.09. The normalized spacial score (nSPS) is 26.8. The van der Waals surface area contributed by atoms with Gasteiger partial charge in [-0.2, -0.15) is 0 Å². The van der Waals surface area contributed by atoms with E-state index in [0.717, 1.165) is 0 Å². The Kier molecular flexibility index (Phi) is 3.01. The number of alkyl halides is 1. The molecule has 0 bridgehead atoms. The maximum Gasteiger partial charge on any atom is 0.261 e. The number of rotatable bonds is 1. The van der Waals surface area contributed by atoms with E-state index >= 15 is 0 Å². The van der Waals surface area contributed by atoms with Gasteiger partial charge in [-0.1, -0.05) is 28.1 Å². The molecule has 0 radical (unpaired) electrons. The number of hydrogen-bond acceptors (Lipinski definition) is 3. The average molecular weight is 322 g/mol. The van der Waals surface area contributed by atoms with Gasteiger partial charge in [0.05, 0.1) is 16.0 Å². The number of imide groups is 1. The van der Waals surface area contributed by atoms with Crippen molar-refractivity contribution in [1.29, 1.82) is 0 Å². The lowest BCUT2D eigenvalue weighted by atomic mass is 9.93. The van der Waals surface area contributed by atoms with E-state index < -0.39 is 0 Å². The molecule has 1 aliphatic heterocycles. The molecule has 0 N–H and O–H groups in total. The third-order valence-corrected chi connectivity index (χ3v) is 4.63. The van der Waals surface area contributed by atoms with Crippen molar-refractivity contribution in [2.24, 2.45) is 0 Å². The van der Waals surface area contributed by atoms with Crippen LogP contribution in [0.5, 0.6) is 0 Å². The smallest absolute Gasteiger partial charge is 0.261 e. The minimum Gasteiger partial charge on any atom is -0.298 e. The highest BCUT2D eigenvalue weighted by atomic mass is 79.9. The molecular formula is C14H12BrNO3. The average Bonchev–Trinajstić information content (AvgIpc) is 2.66. The van der Waals surface area contributed by atoms with E-state index in [1.54, 1.807) is 24.3 Å². The summed E-state index contributed by atoms with van der Waals surface area (Å²) in [5.41, 5.74) is 0.936. The summed E-state index contributed by atoms with van der Waals surface area (Å²) in [7, 11) is 0. The quantitative estimate of drug-likeness (QED) is 0.588. The van der Waals surface area contributed by atoms with Gasteiger partial charge in [0, 0.05) is 12.5 Å². The molecule has 98 valence electrons. The minimum absolute atomic E-state index is 0.146. The predicted molar refractivity (Wildman–Crippen MR) is 72.3 cm³/mol. The molecule has 0 saturated heterocycles. The van der Waals surface area contributed by atoms with Crippen LogP contribution in [0, 0.1) is 0 Å². The molecule has 3 rings (SSSR count). The van der Waals surface area contributed by atoms with Gasteiger partial charge < -0.3 is 0 Å². The number of Topliss-reactive ketones (excluding diaryl/α,β-unsaturated/α-hetero) is 1. The number of benzene rings is 1. The Morgan fingerprint density at radius 2 is 1.63 bits per heavy atom. The Morgan fingerprint density at radius 1 is 1.05 bits per heavy atom. The Morgan fingerprint density at radius 3 is 2.16 bits per heavy atom. The molecule has 19 heavy (non-hydrogen) atoms. The summed E-state index contributed by atoms with van der Waals surface area (Å²) < 4.78 is 0. The van der Waals surface area contributed by atoms with Crippen LogP contribution in [0.25, 0.3) is 0 Å². The van der Waals surface area contributed by atoms with Crippen molar-refractivity contribution in [3.63, 3.8) is 0 Å². The van der Waals surface area contributed by atoms with Crippen LogP contribution in [-0.2, 0) is 4.79 Å². The third kappa shape index (κ3) is 1.92. The number of carbonyl (C=O) groups is 3. The molecule has 1 aliphatic carbocycles. The van der Waals surface area contributed by atoms with Gasteiger partial charge in [0.15, 0.2) is 0 Å². The Hall–Kier alpha value is -1.49.